The number of rotatable bonds is 6. The van der Waals surface area contributed by atoms with Crippen LogP contribution in [-0.4, -0.2) is 36.8 Å². The van der Waals surface area contributed by atoms with Gasteiger partial charge in [0.1, 0.15) is 6.04 Å². The average molecular weight is 441 g/mol. The smallest absolute Gasteiger partial charge is 0.252 e. The van der Waals surface area contributed by atoms with Crippen LogP contribution in [0.3, 0.4) is 0 Å². The lowest BCUT2D eigenvalue weighted by atomic mass is 10.0. The third-order valence-electron chi connectivity index (χ3n) is 5.19. The zero-order valence-electron chi connectivity index (χ0n) is 17.4. The first-order valence-electron chi connectivity index (χ1n) is 10.2. The van der Waals surface area contributed by atoms with E-state index in [0.29, 0.717) is 35.9 Å². The Balaban J connectivity index is 1.55. The number of nitrogens with zero attached hydrogens (tertiary/aromatic N) is 3. The Kier molecular flexibility index (Phi) is 5.77. The molecule has 0 bridgehead atoms. The first-order valence-corrected chi connectivity index (χ1v) is 11.8. The second-order valence-corrected chi connectivity index (χ2v) is 9.82. The highest BCUT2D eigenvalue weighted by molar-refractivity contribution is 7.93. The number of anilines is 1. The highest BCUT2D eigenvalue weighted by atomic mass is 32.2. The van der Waals surface area contributed by atoms with Crippen LogP contribution in [0.15, 0.2) is 59.1 Å². The molecule has 1 saturated heterocycles. The van der Waals surface area contributed by atoms with Gasteiger partial charge in [-0.15, -0.1) is 0 Å². The van der Waals surface area contributed by atoms with Gasteiger partial charge in [-0.2, -0.15) is 4.98 Å². The van der Waals surface area contributed by atoms with E-state index in [1.54, 1.807) is 24.3 Å². The van der Waals surface area contributed by atoms with Crippen molar-refractivity contribution in [3.8, 4) is 11.4 Å². The summed E-state index contributed by atoms with van der Waals surface area (Å²) >= 11 is 0. The van der Waals surface area contributed by atoms with Crippen molar-refractivity contribution < 1.29 is 17.7 Å². The van der Waals surface area contributed by atoms with Gasteiger partial charge in [-0.1, -0.05) is 55.4 Å². The second kappa shape index (κ2) is 8.50. The fourth-order valence-corrected chi connectivity index (χ4v) is 5.09. The van der Waals surface area contributed by atoms with Crippen LogP contribution in [0.4, 0.5) is 5.69 Å². The van der Waals surface area contributed by atoms with Gasteiger partial charge in [0.15, 0.2) is 0 Å². The summed E-state index contributed by atoms with van der Waals surface area (Å²) in [5, 5.41) is 6.99. The molecule has 4 rings (SSSR count). The molecule has 1 N–H and O–H groups in total. The molecule has 2 aromatic carbocycles. The van der Waals surface area contributed by atoms with Crippen molar-refractivity contribution >= 4 is 21.6 Å². The number of hydrogen-bond acceptors (Lipinski definition) is 6. The van der Waals surface area contributed by atoms with E-state index in [9.17, 15) is 13.2 Å². The third-order valence-corrected chi connectivity index (χ3v) is 7.06. The molecule has 1 aliphatic heterocycles. The van der Waals surface area contributed by atoms with Gasteiger partial charge in [-0.25, -0.2) is 8.42 Å². The number of carbonyl (C=O) groups is 1. The van der Waals surface area contributed by atoms with Crippen LogP contribution >= 0.6 is 0 Å². The molecular weight excluding hydrogens is 416 g/mol. The van der Waals surface area contributed by atoms with Gasteiger partial charge in [-0.3, -0.25) is 9.10 Å². The van der Waals surface area contributed by atoms with E-state index in [4.69, 9.17) is 4.52 Å². The molecule has 1 atom stereocenters. The number of sulfonamides is 1. The van der Waals surface area contributed by atoms with E-state index in [0.717, 1.165) is 5.56 Å². The molecule has 162 valence electrons. The van der Waals surface area contributed by atoms with Crippen LogP contribution in [0, 0.1) is 5.92 Å². The summed E-state index contributed by atoms with van der Waals surface area (Å²) < 4.78 is 31.2. The van der Waals surface area contributed by atoms with Gasteiger partial charge in [0.25, 0.3) is 5.91 Å². The first-order chi connectivity index (χ1) is 14.8. The van der Waals surface area contributed by atoms with Gasteiger partial charge >= 0.3 is 0 Å². The SMILES string of the molecule is CC(C)[C@H](NC(=O)c1cccc(N2CCCS2(=O)=O)c1)c1nc(-c2ccccc2)no1. The average Bonchev–Trinajstić information content (AvgIpc) is 3.38. The minimum absolute atomic E-state index is 0.00448. The Morgan fingerprint density at radius 2 is 1.90 bits per heavy atom. The van der Waals surface area contributed by atoms with Crippen molar-refractivity contribution in [1.82, 2.24) is 15.5 Å². The van der Waals surface area contributed by atoms with E-state index in [-0.39, 0.29) is 17.6 Å². The maximum Gasteiger partial charge on any atom is 0.252 e. The summed E-state index contributed by atoms with van der Waals surface area (Å²) in [6, 6.07) is 15.6. The van der Waals surface area contributed by atoms with Crippen molar-refractivity contribution in [3.05, 3.63) is 66.1 Å². The highest BCUT2D eigenvalue weighted by Crippen LogP contribution is 2.27. The van der Waals surface area contributed by atoms with Crippen molar-refractivity contribution in [1.29, 1.82) is 0 Å². The van der Waals surface area contributed by atoms with Crippen molar-refractivity contribution in [2.24, 2.45) is 5.92 Å². The number of amides is 1. The van der Waals surface area contributed by atoms with Gasteiger partial charge in [0.2, 0.25) is 21.7 Å². The van der Waals surface area contributed by atoms with Crippen LogP contribution in [0.25, 0.3) is 11.4 Å². The first kappa shape index (κ1) is 21.0. The molecule has 0 radical (unpaired) electrons. The van der Waals surface area contributed by atoms with Gasteiger partial charge in [0, 0.05) is 17.7 Å². The molecule has 0 aliphatic carbocycles. The van der Waals surface area contributed by atoms with Crippen LogP contribution < -0.4 is 9.62 Å². The van der Waals surface area contributed by atoms with Crippen LogP contribution in [0.1, 0.15) is 42.6 Å². The zero-order chi connectivity index (χ0) is 22.0. The molecular formula is C22H24N4O4S. The number of aromatic nitrogens is 2. The predicted molar refractivity (Wildman–Crippen MR) is 117 cm³/mol. The standard InChI is InChI=1S/C22H24N4O4S/c1-15(2)19(22-24-20(25-30-22)16-8-4-3-5-9-16)23-21(27)17-10-6-11-18(14-17)26-12-7-13-31(26,28)29/h3-6,8-11,14-15,19H,7,12-13H2,1-2H3,(H,23,27)/t19-/m0/s1. The molecule has 1 fully saturated rings. The molecule has 2 heterocycles. The maximum atomic E-state index is 13.0. The van der Waals surface area contributed by atoms with Crippen LogP contribution in [-0.2, 0) is 10.0 Å². The molecule has 9 heteroatoms. The Hall–Kier alpha value is -3.20. The third kappa shape index (κ3) is 4.46. The zero-order valence-corrected chi connectivity index (χ0v) is 18.2. The van der Waals surface area contributed by atoms with Gasteiger partial charge in [0.05, 0.1) is 11.4 Å². The fraction of sp³-hybridized carbons (Fsp3) is 0.318. The topological polar surface area (TPSA) is 105 Å². The number of carbonyl (C=O) groups excluding carboxylic acids is 1. The quantitative estimate of drug-likeness (QED) is 0.630. The molecule has 1 amide bonds. The normalized spacial score (nSPS) is 16.4. The second-order valence-electron chi connectivity index (χ2n) is 7.81. The van der Waals surface area contributed by atoms with Crippen molar-refractivity contribution in [2.45, 2.75) is 26.3 Å². The van der Waals surface area contributed by atoms with E-state index >= 15 is 0 Å². The summed E-state index contributed by atoms with van der Waals surface area (Å²) in [7, 11) is -3.32. The molecule has 8 nitrogen and oxygen atoms in total. The summed E-state index contributed by atoms with van der Waals surface area (Å²) in [6.45, 7) is 4.32. The molecule has 3 aromatic rings. The lowest BCUT2D eigenvalue weighted by Crippen LogP contribution is -2.32. The fourth-order valence-electron chi connectivity index (χ4n) is 3.54. The lowest BCUT2D eigenvalue weighted by Gasteiger charge is -2.20. The van der Waals surface area contributed by atoms with Crippen molar-refractivity contribution in [3.63, 3.8) is 0 Å². The summed E-state index contributed by atoms with van der Waals surface area (Å²) in [5.74, 6) is 0.559. The Morgan fingerprint density at radius 1 is 1.13 bits per heavy atom. The molecule has 1 aromatic heterocycles. The highest BCUT2D eigenvalue weighted by Gasteiger charge is 2.29. The Morgan fingerprint density at radius 3 is 2.58 bits per heavy atom. The molecule has 0 saturated carbocycles. The molecule has 0 spiro atoms. The van der Waals surface area contributed by atoms with E-state index < -0.39 is 16.1 Å². The summed E-state index contributed by atoms with van der Waals surface area (Å²) in [4.78, 5) is 17.4. The largest absolute Gasteiger partial charge is 0.340 e. The minimum atomic E-state index is -3.32. The number of hydrogen-bond donors (Lipinski definition) is 1. The maximum absolute atomic E-state index is 13.0. The summed E-state index contributed by atoms with van der Waals surface area (Å²) in [5.41, 5.74) is 1.69. The predicted octanol–water partition coefficient (Wildman–Crippen LogP) is 3.40. The van der Waals surface area contributed by atoms with Gasteiger partial charge < -0.3 is 9.84 Å². The van der Waals surface area contributed by atoms with Crippen LogP contribution in [0.5, 0.6) is 0 Å². The van der Waals surface area contributed by atoms with Crippen molar-refractivity contribution in [2.75, 3.05) is 16.6 Å². The van der Waals surface area contributed by atoms with Gasteiger partial charge in [-0.05, 0) is 30.5 Å². The molecule has 1 aliphatic rings. The number of nitrogens with one attached hydrogen (secondary N) is 1. The Bertz CT molecular complexity index is 1170. The number of benzene rings is 2. The monoisotopic (exact) mass is 440 g/mol. The Labute approximate surface area is 181 Å². The summed E-state index contributed by atoms with van der Waals surface area (Å²) in [6.07, 6.45) is 0.578. The minimum Gasteiger partial charge on any atom is -0.340 e. The van der Waals surface area contributed by atoms with Crippen LogP contribution in [0.2, 0.25) is 0 Å². The molecule has 31 heavy (non-hydrogen) atoms. The van der Waals surface area contributed by atoms with E-state index in [1.807, 2.05) is 44.2 Å². The van der Waals surface area contributed by atoms with E-state index in [1.165, 1.54) is 4.31 Å². The van der Waals surface area contributed by atoms with E-state index in [2.05, 4.69) is 15.5 Å². The molecule has 0 unspecified atom stereocenters. The lowest BCUT2D eigenvalue weighted by molar-refractivity contribution is 0.0914.